The van der Waals surface area contributed by atoms with Gasteiger partial charge in [0.1, 0.15) is 0 Å². The van der Waals surface area contributed by atoms with Crippen LogP contribution in [0.5, 0.6) is 0 Å². The fraction of sp³-hybridized carbons (Fsp3) is 0.294. The van der Waals surface area contributed by atoms with E-state index < -0.39 is 20.0 Å². The first-order valence-electron chi connectivity index (χ1n) is 7.87. The Labute approximate surface area is 148 Å². The number of benzene rings is 2. The second kappa shape index (κ2) is 6.44. The number of aryl methyl sites for hydroxylation is 2. The molecule has 2 aromatic rings. The first kappa shape index (κ1) is 17.9. The zero-order valence-electron chi connectivity index (χ0n) is 14.1. The van der Waals surface area contributed by atoms with Crippen molar-refractivity contribution in [1.82, 2.24) is 4.31 Å². The molecule has 8 heteroatoms. The molecule has 0 aromatic heterocycles. The number of rotatable bonds is 5. The van der Waals surface area contributed by atoms with Crippen LogP contribution in [0, 0.1) is 0 Å². The summed E-state index contributed by atoms with van der Waals surface area (Å²) >= 11 is 0. The Morgan fingerprint density at radius 2 is 1.60 bits per heavy atom. The molecule has 1 aliphatic carbocycles. The van der Waals surface area contributed by atoms with Crippen molar-refractivity contribution in [1.29, 1.82) is 0 Å². The van der Waals surface area contributed by atoms with Crippen molar-refractivity contribution in [2.24, 2.45) is 0 Å². The number of nitrogens with zero attached hydrogens (tertiary/aromatic N) is 1. The van der Waals surface area contributed by atoms with Gasteiger partial charge in [0.15, 0.2) is 0 Å². The van der Waals surface area contributed by atoms with Gasteiger partial charge in [0, 0.05) is 14.1 Å². The van der Waals surface area contributed by atoms with Gasteiger partial charge >= 0.3 is 0 Å². The molecule has 1 N–H and O–H groups in total. The Kier molecular flexibility index (Phi) is 4.61. The Bertz CT molecular complexity index is 1010. The first-order valence-corrected chi connectivity index (χ1v) is 10.8. The molecule has 2 aromatic carbocycles. The zero-order chi connectivity index (χ0) is 18.2. The third-order valence-electron chi connectivity index (χ3n) is 4.25. The maximum Gasteiger partial charge on any atom is 0.261 e. The normalized spacial score (nSPS) is 14.5. The van der Waals surface area contributed by atoms with Gasteiger partial charge in [-0.2, -0.15) is 0 Å². The molecule has 0 fully saturated rings. The van der Waals surface area contributed by atoms with Gasteiger partial charge in [-0.15, -0.1) is 0 Å². The molecule has 0 saturated heterocycles. The van der Waals surface area contributed by atoms with Crippen molar-refractivity contribution in [3.05, 3.63) is 53.6 Å². The van der Waals surface area contributed by atoms with Crippen molar-refractivity contribution in [2.75, 3.05) is 18.8 Å². The van der Waals surface area contributed by atoms with Gasteiger partial charge in [-0.05, 0) is 60.7 Å². The van der Waals surface area contributed by atoms with E-state index in [1.807, 2.05) is 6.07 Å². The molecule has 25 heavy (non-hydrogen) atoms. The lowest BCUT2D eigenvalue weighted by atomic mass is 10.1. The van der Waals surface area contributed by atoms with E-state index in [2.05, 4.69) is 4.72 Å². The minimum atomic E-state index is -3.78. The molecule has 3 rings (SSSR count). The molecular weight excluding hydrogens is 360 g/mol. The lowest BCUT2D eigenvalue weighted by Crippen LogP contribution is -2.22. The molecule has 0 bridgehead atoms. The van der Waals surface area contributed by atoms with Crippen LogP contribution in [0.1, 0.15) is 17.5 Å². The van der Waals surface area contributed by atoms with Crippen molar-refractivity contribution in [3.63, 3.8) is 0 Å². The van der Waals surface area contributed by atoms with Gasteiger partial charge in [0.25, 0.3) is 10.0 Å². The van der Waals surface area contributed by atoms with Gasteiger partial charge in [0.2, 0.25) is 10.0 Å². The second-order valence-electron chi connectivity index (χ2n) is 6.20. The van der Waals surface area contributed by atoms with Crippen LogP contribution in [-0.2, 0) is 32.9 Å². The Morgan fingerprint density at radius 3 is 2.32 bits per heavy atom. The van der Waals surface area contributed by atoms with E-state index in [0.29, 0.717) is 0 Å². The summed E-state index contributed by atoms with van der Waals surface area (Å²) in [7, 11) is -4.55. The predicted molar refractivity (Wildman–Crippen MR) is 96.6 cm³/mol. The topological polar surface area (TPSA) is 83.6 Å². The number of nitrogens with one attached hydrogen (secondary N) is 1. The Morgan fingerprint density at radius 1 is 0.880 bits per heavy atom. The minimum Gasteiger partial charge on any atom is -0.280 e. The molecular formula is C17H20N2O4S2. The molecule has 0 aliphatic heterocycles. The Hall–Kier alpha value is -1.90. The van der Waals surface area contributed by atoms with Gasteiger partial charge in [-0.1, -0.05) is 12.1 Å². The smallest absolute Gasteiger partial charge is 0.261 e. The van der Waals surface area contributed by atoms with E-state index in [-0.39, 0.29) is 15.5 Å². The van der Waals surface area contributed by atoms with Crippen LogP contribution >= 0.6 is 0 Å². The predicted octanol–water partition coefficient (Wildman–Crippen LogP) is 2.23. The van der Waals surface area contributed by atoms with Crippen molar-refractivity contribution >= 4 is 25.7 Å². The van der Waals surface area contributed by atoms with E-state index >= 15 is 0 Å². The first-order chi connectivity index (χ1) is 11.7. The summed E-state index contributed by atoms with van der Waals surface area (Å²) < 4.78 is 53.2. The summed E-state index contributed by atoms with van der Waals surface area (Å²) in [5.41, 5.74) is 2.47. The molecule has 0 saturated carbocycles. The van der Waals surface area contributed by atoms with Gasteiger partial charge < -0.3 is 0 Å². The minimum absolute atomic E-state index is 0.0339. The summed E-state index contributed by atoms with van der Waals surface area (Å²) in [4.78, 5) is 0.223. The van der Waals surface area contributed by atoms with Crippen LogP contribution in [0.25, 0.3) is 0 Å². The highest BCUT2D eigenvalue weighted by Crippen LogP contribution is 2.26. The average molecular weight is 380 g/mol. The van der Waals surface area contributed by atoms with Crippen molar-refractivity contribution < 1.29 is 16.8 Å². The van der Waals surface area contributed by atoms with E-state index in [1.54, 1.807) is 12.1 Å². The maximum absolute atomic E-state index is 12.6. The van der Waals surface area contributed by atoms with Crippen LogP contribution in [0.15, 0.2) is 52.3 Å². The van der Waals surface area contributed by atoms with E-state index in [4.69, 9.17) is 0 Å². The third-order valence-corrected chi connectivity index (χ3v) is 7.44. The highest BCUT2D eigenvalue weighted by Gasteiger charge is 2.21. The molecule has 6 nitrogen and oxygen atoms in total. The maximum atomic E-state index is 12.6. The van der Waals surface area contributed by atoms with Gasteiger partial charge in [-0.25, -0.2) is 21.1 Å². The van der Waals surface area contributed by atoms with E-state index in [0.717, 1.165) is 29.1 Å². The standard InChI is InChI=1S/C17H20N2O4S2/c1-19(2)25(22,23)17-8-4-7-15(12-17)18-24(20,21)16-10-9-13-5-3-6-14(13)11-16/h4,7-12,18H,3,5-6H2,1-2H3. The number of fused-ring (bicyclic) bond motifs is 1. The number of sulfonamides is 2. The SMILES string of the molecule is CN(C)S(=O)(=O)c1cccc(NS(=O)(=O)c2ccc3c(c2)CCC3)c1. The molecule has 0 radical (unpaired) electrons. The Balaban J connectivity index is 1.92. The van der Waals surface area contributed by atoms with E-state index in [9.17, 15) is 16.8 Å². The fourth-order valence-electron chi connectivity index (χ4n) is 2.86. The van der Waals surface area contributed by atoms with Crippen LogP contribution in [0.3, 0.4) is 0 Å². The largest absolute Gasteiger partial charge is 0.280 e. The summed E-state index contributed by atoms with van der Waals surface area (Å²) in [5, 5.41) is 0. The average Bonchev–Trinajstić information content (AvgIpc) is 3.02. The number of hydrogen-bond acceptors (Lipinski definition) is 4. The lowest BCUT2D eigenvalue weighted by Gasteiger charge is -2.13. The van der Waals surface area contributed by atoms with Crippen molar-refractivity contribution in [3.8, 4) is 0 Å². The van der Waals surface area contributed by atoms with Crippen LogP contribution in [-0.4, -0.2) is 35.2 Å². The van der Waals surface area contributed by atoms with Gasteiger partial charge in [0.05, 0.1) is 15.5 Å². The van der Waals surface area contributed by atoms with Crippen molar-refractivity contribution in [2.45, 2.75) is 29.1 Å². The zero-order valence-corrected chi connectivity index (χ0v) is 15.7. The third kappa shape index (κ3) is 3.56. The van der Waals surface area contributed by atoms with Crippen LogP contribution in [0.4, 0.5) is 5.69 Å². The molecule has 0 spiro atoms. The molecule has 0 unspecified atom stereocenters. The van der Waals surface area contributed by atoms with Crippen LogP contribution < -0.4 is 4.72 Å². The lowest BCUT2D eigenvalue weighted by molar-refractivity contribution is 0.521. The highest BCUT2D eigenvalue weighted by molar-refractivity contribution is 7.92. The van der Waals surface area contributed by atoms with E-state index in [1.165, 1.54) is 43.9 Å². The highest BCUT2D eigenvalue weighted by atomic mass is 32.2. The number of anilines is 1. The fourth-order valence-corrected chi connectivity index (χ4v) is 4.91. The summed E-state index contributed by atoms with van der Waals surface area (Å²) in [6, 6.07) is 10.9. The summed E-state index contributed by atoms with van der Waals surface area (Å²) in [6.07, 6.45) is 2.90. The molecule has 1 aliphatic rings. The molecule has 0 heterocycles. The molecule has 134 valence electrons. The molecule has 0 amide bonds. The summed E-state index contributed by atoms with van der Waals surface area (Å²) in [6.45, 7) is 0. The van der Waals surface area contributed by atoms with Gasteiger partial charge in [-0.3, -0.25) is 4.72 Å². The molecule has 0 atom stereocenters. The monoisotopic (exact) mass is 380 g/mol. The summed E-state index contributed by atoms with van der Waals surface area (Å²) in [5.74, 6) is 0. The van der Waals surface area contributed by atoms with Crippen LogP contribution in [0.2, 0.25) is 0 Å². The number of hydrogen-bond donors (Lipinski definition) is 1. The quantitative estimate of drug-likeness (QED) is 0.862. The second-order valence-corrected chi connectivity index (χ2v) is 10.0.